The molecule has 84 valence electrons. The largest absolute Gasteiger partial charge is 0.496 e. The van der Waals surface area contributed by atoms with Gasteiger partial charge in [-0.1, -0.05) is 29.8 Å². The van der Waals surface area contributed by atoms with Gasteiger partial charge in [0.1, 0.15) is 5.75 Å². The summed E-state index contributed by atoms with van der Waals surface area (Å²) in [5.41, 5.74) is 2.51. The van der Waals surface area contributed by atoms with Crippen molar-refractivity contribution in [2.45, 2.75) is 13.5 Å². The maximum Gasteiger partial charge on any atom is 0.123 e. The fourth-order valence-electron chi connectivity index (χ4n) is 2.04. The Morgan fingerprint density at radius 1 is 1.19 bits per heavy atom. The molecule has 2 nitrogen and oxygen atoms in total. The second-order valence-corrected chi connectivity index (χ2v) is 4.00. The molecule has 1 N–H and O–H groups in total. The van der Waals surface area contributed by atoms with Crippen molar-refractivity contribution in [3.63, 3.8) is 0 Å². The lowest BCUT2D eigenvalue weighted by Gasteiger charge is -2.12. The van der Waals surface area contributed by atoms with Gasteiger partial charge in [-0.3, -0.25) is 0 Å². The summed E-state index contributed by atoms with van der Waals surface area (Å²) in [5, 5.41) is 5.72. The zero-order chi connectivity index (χ0) is 11.5. The number of methoxy groups -OCH3 is 1. The second-order valence-electron chi connectivity index (χ2n) is 4.00. The number of benzene rings is 2. The van der Waals surface area contributed by atoms with Crippen molar-refractivity contribution in [3.8, 4) is 5.75 Å². The van der Waals surface area contributed by atoms with Crippen LogP contribution in [0.1, 0.15) is 11.1 Å². The standard InChI is InChI=1S/C14H17NO/c1-10-4-6-12-11(8-10)5-7-14(16-3)13(12)9-15-2/h4-8,15H,9H2,1-3H3. The Morgan fingerprint density at radius 3 is 2.69 bits per heavy atom. The summed E-state index contributed by atoms with van der Waals surface area (Å²) in [4.78, 5) is 0. The van der Waals surface area contributed by atoms with Crippen molar-refractivity contribution < 1.29 is 4.74 Å². The van der Waals surface area contributed by atoms with Crippen LogP contribution in [0, 0.1) is 6.92 Å². The Hall–Kier alpha value is -1.54. The van der Waals surface area contributed by atoms with Crippen LogP contribution in [0.15, 0.2) is 30.3 Å². The first-order valence-electron chi connectivity index (χ1n) is 5.47. The third kappa shape index (κ3) is 1.89. The van der Waals surface area contributed by atoms with E-state index < -0.39 is 0 Å². The fourth-order valence-corrected chi connectivity index (χ4v) is 2.04. The highest BCUT2D eigenvalue weighted by Crippen LogP contribution is 2.28. The van der Waals surface area contributed by atoms with Crippen LogP contribution in [0.5, 0.6) is 5.75 Å². The van der Waals surface area contributed by atoms with Crippen molar-refractivity contribution in [1.29, 1.82) is 0 Å². The average molecular weight is 215 g/mol. The van der Waals surface area contributed by atoms with E-state index in [1.54, 1.807) is 7.11 Å². The Balaban J connectivity index is 2.68. The van der Waals surface area contributed by atoms with Gasteiger partial charge in [-0.15, -0.1) is 0 Å². The summed E-state index contributed by atoms with van der Waals surface area (Å²) in [5.74, 6) is 0.950. The van der Waals surface area contributed by atoms with E-state index in [1.807, 2.05) is 13.1 Å². The number of rotatable bonds is 3. The van der Waals surface area contributed by atoms with E-state index in [-0.39, 0.29) is 0 Å². The minimum absolute atomic E-state index is 0.823. The van der Waals surface area contributed by atoms with Gasteiger partial charge < -0.3 is 10.1 Å². The van der Waals surface area contributed by atoms with E-state index in [4.69, 9.17) is 4.74 Å². The molecule has 2 rings (SSSR count). The van der Waals surface area contributed by atoms with Gasteiger partial charge in [0.25, 0.3) is 0 Å². The van der Waals surface area contributed by atoms with Gasteiger partial charge in [-0.25, -0.2) is 0 Å². The molecule has 16 heavy (non-hydrogen) atoms. The number of fused-ring (bicyclic) bond motifs is 1. The van der Waals surface area contributed by atoms with E-state index in [0.717, 1.165) is 12.3 Å². The van der Waals surface area contributed by atoms with E-state index in [2.05, 4.69) is 36.5 Å². The van der Waals surface area contributed by atoms with Crippen molar-refractivity contribution in [2.24, 2.45) is 0 Å². The highest BCUT2D eigenvalue weighted by Gasteiger charge is 2.07. The molecule has 0 fully saturated rings. The molecule has 0 atom stereocenters. The molecule has 0 radical (unpaired) electrons. The number of nitrogens with one attached hydrogen (secondary N) is 1. The molecule has 0 aliphatic carbocycles. The van der Waals surface area contributed by atoms with Gasteiger partial charge >= 0.3 is 0 Å². The summed E-state index contributed by atoms with van der Waals surface area (Å²) < 4.78 is 5.40. The lowest BCUT2D eigenvalue weighted by Crippen LogP contribution is -2.07. The van der Waals surface area contributed by atoms with Crippen molar-refractivity contribution in [2.75, 3.05) is 14.2 Å². The third-order valence-electron chi connectivity index (χ3n) is 2.82. The molecule has 0 saturated carbocycles. The molecule has 0 heterocycles. The fraction of sp³-hybridized carbons (Fsp3) is 0.286. The molecule has 0 aromatic heterocycles. The number of ether oxygens (including phenoxy) is 1. The minimum atomic E-state index is 0.823. The molecule has 0 amide bonds. The van der Waals surface area contributed by atoms with Gasteiger partial charge in [0, 0.05) is 12.1 Å². The van der Waals surface area contributed by atoms with Crippen LogP contribution >= 0.6 is 0 Å². The molecule has 2 aromatic carbocycles. The van der Waals surface area contributed by atoms with Crippen LogP contribution in [0.4, 0.5) is 0 Å². The first-order chi connectivity index (χ1) is 7.76. The molecule has 0 bridgehead atoms. The molecular formula is C14H17NO. The van der Waals surface area contributed by atoms with E-state index in [0.29, 0.717) is 0 Å². The number of hydrogen-bond donors (Lipinski definition) is 1. The lowest BCUT2D eigenvalue weighted by molar-refractivity contribution is 0.409. The SMILES string of the molecule is CNCc1c(OC)ccc2cc(C)ccc12. The highest BCUT2D eigenvalue weighted by molar-refractivity contribution is 5.88. The smallest absolute Gasteiger partial charge is 0.123 e. The zero-order valence-corrected chi connectivity index (χ0v) is 10.0. The molecular weight excluding hydrogens is 198 g/mol. The molecule has 0 unspecified atom stereocenters. The molecule has 2 aromatic rings. The van der Waals surface area contributed by atoms with Crippen molar-refractivity contribution in [1.82, 2.24) is 5.32 Å². The first-order valence-corrected chi connectivity index (χ1v) is 5.47. The van der Waals surface area contributed by atoms with Gasteiger partial charge in [0.15, 0.2) is 0 Å². The molecule has 0 saturated heterocycles. The third-order valence-corrected chi connectivity index (χ3v) is 2.82. The van der Waals surface area contributed by atoms with E-state index in [1.165, 1.54) is 21.9 Å². The highest BCUT2D eigenvalue weighted by atomic mass is 16.5. The quantitative estimate of drug-likeness (QED) is 0.850. The van der Waals surface area contributed by atoms with Crippen LogP contribution < -0.4 is 10.1 Å². The summed E-state index contributed by atoms with van der Waals surface area (Å²) in [6.07, 6.45) is 0. The average Bonchev–Trinajstić information content (AvgIpc) is 2.29. The Bertz CT molecular complexity index is 505. The van der Waals surface area contributed by atoms with Crippen LogP contribution in [0.25, 0.3) is 10.8 Å². The Labute approximate surface area is 96.2 Å². The lowest BCUT2D eigenvalue weighted by atomic mass is 10.0. The van der Waals surface area contributed by atoms with Gasteiger partial charge in [0.2, 0.25) is 0 Å². The van der Waals surface area contributed by atoms with Gasteiger partial charge in [-0.05, 0) is 30.8 Å². The Morgan fingerprint density at radius 2 is 2.00 bits per heavy atom. The number of aryl methyl sites for hydroxylation is 1. The molecule has 2 heteroatoms. The van der Waals surface area contributed by atoms with E-state index in [9.17, 15) is 0 Å². The van der Waals surface area contributed by atoms with E-state index >= 15 is 0 Å². The number of hydrogen-bond acceptors (Lipinski definition) is 2. The van der Waals surface area contributed by atoms with Crippen LogP contribution in [-0.2, 0) is 6.54 Å². The van der Waals surface area contributed by atoms with Gasteiger partial charge in [0.05, 0.1) is 7.11 Å². The molecule has 0 spiro atoms. The first kappa shape index (κ1) is 11.0. The zero-order valence-electron chi connectivity index (χ0n) is 10.0. The monoisotopic (exact) mass is 215 g/mol. The van der Waals surface area contributed by atoms with Crippen molar-refractivity contribution >= 4 is 10.8 Å². The normalized spacial score (nSPS) is 10.7. The topological polar surface area (TPSA) is 21.3 Å². The maximum absolute atomic E-state index is 5.40. The molecule has 0 aliphatic rings. The van der Waals surface area contributed by atoms with Crippen LogP contribution in [-0.4, -0.2) is 14.2 Å². The molecule has 0 aliphatic heterocycles. The van der Waals surface area contributed by atoms with Crippen LogP contribution in [0.3, 0.4) is 0 Å². The summed E-state index contributed by atoms with van der Waals surface area (Å²) in [6, 6.07) is 10.7. The van der Waals surface area contributed by atoms with Crippen molar-refractivity contribution in [3.05, 3.63) is 41.5 Å². The second kappa shape index (κ2) is 4.54. The van der Waals surface area contributed by atoms with Crippen LogP contribution in [0.2, 0.25) is 0 Å². The summed E-state index contributed by atoms with van der Waals surface area (Å²) >= 11 is 0. The van der Waals surface area contributed by atoms with Gasteiger partial charge in [-0.2, -0.15) is 0 Å². The Kier molecular flexibility index (Phi) is 3.11. The predicted octanol–water partition coefficient (Wildman–Crippen LogP) is 2.88. The summed E-state index contributed by atoms with van der Waals surface area (Å²) in [7, 11) is 3.67. The predicted molar refractivity (Wildman–Crippen MR) is 68.0 cm³/mol. The summed E-state index contributed by atoms with van der Waals surface area (Å²) in [6.45, 7) is 2.94. The minimum Gasteiger partial charge on any atom is -0.496 e. The maximum atomic E-state index is 5.40.